The van der Waals surface area contributed by atoms with E-state index in [2.05, 4.69) is 38.2 Å². The number of rotatable bonds is 7. The monoisotopic (exact) mass is 250 g/mol. The molecule has 0 unspecified atom stereocenters. The van der Waals surface area contributed by atoms with Crippen molar-refractivity contribution >= 4 is 0 Å². The Labute approximate surface area is 111 Å². The normalized spacial score (nSPS) is 11.6. The average Bonchev–Trinajstić information content (AvgIpc) is 2.34. The molecule has 0 saturated heterocycles. The molecule has 1 aromatic rings. The Morgan fingerprint density at radius 2 is 2.06 bits per heavy atom. The summed E-state index contributed by atoms with van der Waals surface area (Å²) in [6.07, 6.45) is 1.03. The second-order valence-electron chi connectivity index (χ2n) is 5.39. The molecule has 0 bridgehead atoms. The first-order chi connectivity index (χ1) is 8.51. The molecule has 3 N–H and O–H groups in total. The summed E-state index contributed by atoms with van der Waals surface area (Å²) >= 11 is 0. The van der Waals surface area contributed by atoms with Crippen LogP contribution in [-0.2, 0) is 5.41 Å². The van der Waals surface area contributed by atoms with E-state index < -0.39 is 0 Å². The summed E-state index contributed by atoms with van der Waals surface area (Å²) in [5.41, 5.74) is 8.12. The molecule has 1 aromatic carbocycles. The Balaban J connectivity index is 2.69. The van der Waals surface area contributed by atoms with Gasteiger partial charge in [0.15, 0.2) is 0 Å². The minimum absolute atomic E-state index is 0.117. The van der Waals surface area contributed by atoms with E-state index in [9.17, 15) is 0 Å². The van der Waals surface area contributed by atoms with Crippen molar-refractivity contribution in [3.05, 3.63) is 29.3 Å². The summed E-state index contributed by atoms with van der Waals surface area (Å²) in [6, 6.07) is 6.41. The lowest BCUT2D eigenvalue weighted by atomic mass is 9.83. The van der Waals surface area contributed by atoms with Gasteiger partial charge in [-0.3, -0.25) is 0 Å². The lowest BCUT2D eigenvalue weighted by molar-refractivity contribution is 0.410. The minimum Gasteiger partial charge on any atom is -0.496 e. The van der Waals surface area contributed by atoms with Gasteiger partial charge in [0.2, 0.25) is 0 Å². The minimum atomic E-state index is 0.117. The Morgan fingerprint density at radius 3 is 2.61 bits per heavy atom. The highest BCUT2D eigenvalue weighted by atomic mass is 16.5. The number of hydrogen-bond donors (Lipinski definition) is 2. The summed E-state index contributed by atoms with van der Waals surface area (Å²) in [4.78, 5) is 0. The molecule has 0 radical (unpaired) electrons. The van der Waals surface area contributed by atoms with Gasteiger partial charge in [0.1, 0.15) is 5.75 Å². The van der Waals surface area contributed by atoms with Crippen molar-refractivity contribution in [2.24, 2.45) is 5.73 Å². The molecule has 0 aliphatic carbocycles. The molecule has 102 valence electrons. The first-order valence-electron chi connectivity index (χ1n) is 6.57. The molecule has 0 amide bonds. The number of aryl methyl sites for hydroxylation is 1. The zero-order valence-electron chi connectivity index (χ0n) is 12.0. The van der Waals surface area contributed by atoms with Crippen LogP contribution in [0.2, 0.25) is 0 Å². The van der Waals surface area contributed by atoms with Crippen LogP contribution in [0.3, 0.4) is 0 Å². The number of methoxy groups -OCH3 is 1. The quantitative estimate of drug-likeness (QED) is 0.729. The van der Waals surface area contributed by atoms with Crippen LogP contribution in [0.25, 0.3) is 0 Å². The maximum absolute atomic E-state index is 5.49. The Morgan fingerprint density at radius 1 is 1.33 bits per heavy atom. The molecule has 0 saturated carbocycles. The molecular formula is C15H26N2O. The first kappa shape index (κ1) is 15.0. The van der Waals surface area contributed by atoms with Crippen LogP contribution in [0.15, 0.2) is 18.2 Å². The lowest BCUT2D eigenvalue weighted by Gasteiger charge is -2.26. The average molecular weight is 250 g/mol. The summed E-state index contributed by atoms with van der Waals surface area (Å²) in [6.45, 7) is 9.27. The van der Waals surface area contributed by atoms with Crippen molar-refractivity contribution in [2.45, 2.75) is 32.6 Å². The van der Waals surface area contributed by atoms with Crippen molar-refractivity contribution in [3.63, 3.8) is 0 Å². The van der Waals surface area contributed by atoms with E-state index in [1.807, 2.05) is 6.07 Å². The third kappa shape index (κ3) is 4.00. The number of nitrogens with one attached hydrogen (secondary N) is 1. The maximum Gasteiger partial charge on any atom is 0.121 e. The van der Waals surface area contributed by atoms with Crippen LogP contribution in [0, 0.1) is 6.92 Å². The topological polar surface area (TPSA) is 47.3 Å². The fourth-order valence-electron chi connectivity index (χ4n) is 2.03. The van der Waals surface area contributed by atoms with Crippen LogP contribution in [-0.4, -0.2) is 26.7 Å². The van der Waals surface area contributed by atoms with Gasteiger partial charge < -0.3 is 15.8 Å². The molecule has 0 spiro atoms. The van der Waals surface area contributed by atoms with E-state index >= 15 is 0 Å². The van der Waals surface area contributed by atoms with Gasteiger partial charge in [-0.15, -0.1) is 0 Å². The standard InChI is InChI=1S/C15H26N2O/c1-12-10-13(6-7-14(12)18-4)15(2,3)11-17-9-5-8-16/h6-7,10,17H,5,8-9,11,16H2,1-4H3. The smallest absolute Gasteiger partial charge is 0.121 e. The van der Waals surface area contributed by atoms with E-state index in [1.165, 1.54) is 11.1 Å². The third-order valence-electron chi connectivity index (χ3n) is 3.30. The van der Waals surface area contributed by atoms with Crippen molar-refractivity contribution < 1.29 is 4.74 Å². The second kappa shape index (κ2) is 6.76. The molecular weight excluding hydrogens is 224 g/mol. The molecule has 3 heteroatoms. The second-order valence-corrected chi connectivity index (χ2v) is 5.39. The van der Waals surface area contributed by atoms with Gasteiger partial charge >= 0.3 is 0 Å². The van der Waals surface area contributed by atoms with Gasteiger partial charge in [-0.2, -0.15) is 0 Å². The van der Waals surface area contributed by atoms with Gasteiger partial charge in [-0.25, -0.2) is 0 Å². The van der Waals surface area contributed by atoms with Crippen LogP contribution in [0.5, 0.6) is 5.75 Å². The zero-order chi connectivity index (χ0) is 13.6. The fraction of sp³-hybridized carbons (Fsp3) is 0.600. The van der Waals surface area contributed by atoms with Gasteiger partial charge in [0.05, 0.1) is 7.11 Å². The van der Waals surface area contributed by atoms with Gasteiger partial charge in [-0.05, 0) is 43.6 Å². The molecule has 0 aliphatic rings. The highest BCUT2D eigenvalue weighted by Crippen LogP contribution is 2.27. The number of benzene rings is 1. The van der Waals surface area contributed by atoms with E-state index in [-0.39, 0.29) is 5.41 Å². The van der Waals surface area contributed by atoms with Crippen molar-refractivity contribution in [1.29, 1.82) is 0 Å². The summed E-state index contributed by atoms with van der Waals surface area (Å²) < 4.78 is 5.30. The van der Waals surface area contributed by atoms with E-state index in [0.29, 0.717) is 0 Å². The third-order valence-corrected chi connectivity index (χ3v) is 3.30. The molecule has 3 nitrogen and oxygen atoms in total. The maximum atomic E-state index is 5.49. The molecule has 0 fully saturated rings. The van der Waals surface area contributed by atoms with Gasteiger partial charge in [0.25, 0.3) is 0 Å². The first-order valence-corrected chi connectivity index (χ1v) is 6.57. The SMILES string of the molecule is COc1ccc(C(C)(C)CNCCCN)cc1C. The van der Waals surface area contributed by atoms with E-state index in [0.717, 1.165) is 31.8 Å². The van der Waals surface area contributed by atoms with E-state index in [4.69, 9.17) is 10.5 Å². The Bertz CT molecular complexity index is 375. The van der Waals surface area contributed by atoms with Crippen LogP contribution in [0.1, 0.15) is 31.4 Å². The van der Waals surface area contributed by atoms with Crippen molar-refractivity contribution in [2.75, 3.05) is 26.7 Å². The van der Waals surface area contributed by atoms with Crippen LogP contribution in [0.4, 0.5) is 0 Å². The van der Waals surface area contributed by atoms with Gasteiger partial charge in [-0.1, -0.05) is 26.0 Å². The lowest BCUT2D eigenvalue weighted by Crippen LogP contribution is -2.34. The van der Waals surface area contributed by atoms with Gasteiger partial charge in [0, 0.05) is 12.0 Å². The van der Waals surface area contributed by atoms with Crippen molar-refractivity contribution in [3.8, 4) is 5.75 Å². The summed E-state index contributed by atoms with van der Waals surface area (Å²) in [5, 5.41) is 3.46. The highest BCUT2D eigenvalue weighted by molar-refractivity contribution is 5.39. The zero-order valence-corrected chi connectivity index (χ0v) is 12.0. The van der Waals surface area contributed by atoms with Crippen molar-refractivity contribution in [1.82, 2.24) is 5.32 Å². The molecule has 0 aromatic heterocycles. The molecule has 0 heterocycles. The molecule has 1 rings (SSSR count). The molecule has 18 heavy (non-hydrogen) atoms. The largest absolute Gasteiger partial charge is 0.496 e. The van der Waals surface area contributed by atoms with Crippen LogP contribution >= 0.6 is 0 Å². The fourth-order valence-corrected chi connectivity index (χ4v) is 2.03. The predicted molar refractivity (Wildman–Crippen MR) is 77.3 cm³/mol. The van der Waals surface area contributed by atoms with Crippen LogP contribution < -0.4 is 15.8 Å². The Kier molecular flexibility index (Phi) is 5.63. The molecule has 0 atom stereocenters. The summed E-state index contributed by atoms with van der Waals surface area (Å²) in [5.74, 6) is 0.950. The van der Waals surface area contributed by atoms with E-state index in [1.54, 1.807) is 7.11 Å². The Hall–Kier alpha value is -1.06. The summed E-state index contributed by atoms with van der Waals surface area (Å²) in [7, 11) is 1.71. The number of ether oxygens (including phenoxy) is 1. The highest BCUT2D eigenvalue weighted by Gasteiger charge is 2.20. The number of nitrogens with two attached hydrogens (primary N) is 1. The number of hydrogen-bond acceptors (Lipinski definition) is 3. The molecule has 0 aliphatic heterocycles. The predicted octanol–water partition coefficient (Wildman–Crippen LogP) is 2.22.